The number of rotatable bonds is 7. The zero-order chi connectivity index (χ0) is 22.1. The molecule has 0 saturated carbocycles. The van der Waals surface area contributed by atoms with Gasteiger partial charge in [-0.1, -0.05) is 41.7 Å². The normalized spacial score (nSPS) is 20.0. The molecule has 1 saturated heterocycles. The molecule has 1 unspecified atom stereocenters. The van der Waals surface area contributed by atoms with Gasteiger partial charge in [0.05, 0.1) is 11.1 Å². The number of thioether (sulfide) groups is 1. The minimum atomic E-state index is -1.25. The Morgan fingerprint density at radius 1 is 1.29 bits per heavy atom. The van der Waals surface area contributed by atoms with Crippen molar-refractivity contribution in [1.82, 2.24) is 9.88 Å². The quantitative estimate of drug-likeness (QED) is 0.363. The number of thiazole rings is 1. The third-order valence-corrected chi connectivity index (χ3v) is 7.01. The molecule has 160 valence electrons. The number of nitrogens with one attached hydrogen (secondary N) is 1. The van der Waals surface area contributed by atoms with Crippen LogP contribution < -0.4 is 5.32 Å². The summed E-state index contributed by atoms with van der Waals surface area (Å²) in [6.07, 6.45) is 1.46. The molecular weight excluding hydrogens is 442 g/mol. The molecule has 0 bridgehead atoms. The van der Waals surface area contributed by atoms with E-state index < -0.39 is 29.3 Å². The highest BCUT2D eigenvalue weighted by atomic mass is 32.2. The first-order valence-corrected chi connectivity index (χ1v) is 11.1. The van der Waals surface area contributed by atoms with Crippen molar-refractivity contribution in [3.05, 3.63) is 58.2 Å². The van der Waals surface area contributed by atoms with Gasteiger partial charge in [-0.15, -0.1) is 11.8 Å². The number of carboxylic acids is 1. The van der Waals surface area contributed by atoms with Crippen molar-refractivity contribution < 1.29 is 29.0 Å². The summed E-state index contributed by atoms with van der Waals surface area (Å²) < 4.78 is 4.92. The number of anilines is 1. The zero-order valence-corrected chi connectivity index (χ0v) is 17.9. The van der Waals surface area contributed by atoms with Crippen LogP contribution in [0.1, 0.15) is 22.2 Å². The maximum absolute atomic E-state index is 12.7. The lowest BCUT2D eigenvalue weighted by molar-refractivity contribution is -0.147. The minimum absolute atomic E-state index is 0.146. The number of fused-ring (bicyclic) bond motifs is 1. The van der Waals surface area contributed by atoms with E-state index in [1.165, 1.54) is 29.8 Å². The minimum Gasteiger partial charge on any atom is -0.477 e. The second kappa shape index (κ2) is 8.52. The van der Waals surface area contributed by atoms with Crippen LogP contribution in [-0.2, 0) is 19.1 Å². The van der Waals surface area contributed by atoms with Crippen molar-refractivity contribution in [2.24, 2.45) is 0 Å². The first-order valence-electron chi connectivity index (χ1n) is 9.22. The number of hydrogen-bond acceptors (Lipinski definition) is 9. The standard InChI is InChI=1S/C20H17N3O6S2/c1-10(24)29-8-12-9-30-18-14(17(26)23(18)15(12)19(27)28)22-20-21-7-13(31-20)16(25)11-5-3-2-4-6-11/h2-7,14,18H,8-9H2,1H3,(H,21,22)(H,27,28)/t14?,18-/m1/s1. The number of aromatic nitrogens is 1. The molecule has 2 aromatic rings. The molecule has 1 fully saturated rings. The second-order valence-electron chi connectivity index (χ2n) is 6.79. The molecule has 1 amide bonds. The van der Waals surface area contributed by atoms with Crippen molar-refractivity contribution in [2.45, 2.75) is 18.3 Å². The summed E-state index contributed by atoms with van der Waals surface area (Å²) in [7, 11) is 0. The topological polar surface area (TPSA) is 126 Å². The fourth-order valence-electron chi connectivity index (χ4n) is 3.29. The molecule has 2 aliphatic rings. The highest BCUT2D eigenvalue weighted by Gasteiger charge is 2.54. The number of esters is 1. The van der Waals surface area contributed by atoms with Crippen LogP contribution in [0, 0.1) is 0 Å². The summed E-state index contributed by atoms with van der Waals surface area (Å²) in [4.78, 5) is 53.9. The highest BCUT2D eigenvalue weighted by molar-refractivity contribution is 8.00. The molecule has 4 rings (SSSR count). The third-order valence-electron chi connectivity index (χ3n) is 4.74. The van der Waals surface area contributed by atoms with Crippen molar-refractivity contribution in [3.63, 3.8) is 0 Å². The van der Waals surface area contributed by atoms with E-state index in [2.05, 4.69) is 10.3 Å². The first-order chi connectivity index (χ1) is 14.9. The molecule has 3 heterocycles. The molecule has 1 aromatic carbocycles. The second-order valence-corrected chi connectivity index (χ2v) is 8.93. The highest BCUT2D eigenvalue weighted by Crippen LogP contribution is 2.41. The van der Waals surface area contributed by atoms with Crippen LogP contribution in [0.2, 0.25) is 0 Å². The first kappa shape index (κ1) is 21.1. The monoisotopic (exact) mass is 459 g/mol. The van der Waals surface area contributed by atoms with Gasteiger partial charge in [0, 0.05) is 23.8 Å². The van der Waals surface area contributed by atoms with Crippen LogP contribution in [0.4, 0.5) is 5.13 Å². The Labute approximate surface area is 185 Å². The number of nitrogens with zero attached hydrogens (tertiary/aromatic N) is 2. The Kier molecular flexibility index (Phi) is 5.79. The third kappa shape index (κ3) is 4.06. The number of amides is 1. The van der Waals surface area contributed by atoms with Gasteiger partial charge in [0.2, 0.25) is 5.78 Å². The van der Waals surface area contributed by atoms with Gasteiger partial charge >= 0.3 is 11.9 Å². The number of β-lactam (4-membered cyclic amide) rings is 1. The molecule has 2 N–H and O–H groups in total. The molecule has 2 aliphatic heterocycles. The Balaban J connectivity index is 1.48. The molecule has 0 radical (unpaired) electrons. The Hall–Kier alpha value is -3.18. The Morgan fingerprint density at radius 2 is 2.03 bits per heavy atom. The van der Waals surface area contributed by atoms with Crippen molar-refractivity contribution in [3.8, 4) is 0 Å². The number of carboxylic acid groups (broad SMARTS) is 1. The van der Waals surface area contributed by atoms with Crippen molar-refractivity contribution in [2.75, 3.05) is 17.7 Å². The predicted molar refractivity (Wildman–Crippen MR) is 114 cm³/mol. The van der Waals surface area contributed by atoms with Crippen molar-refractivity contribution in [1.29, 1.82) is 0 Å². The van der Waals surface area contributed by atoms with Crippen LogP contribution in [-0.4, -0.2) is 62.4 Å². The number of ketones is 1. The number of aliphatic carboxylic acids is 1. The zero-order valence-electron chi connectivity index (χ0n) is 16.2. The lowest BCUT2D eigenvalue weighted by atomic mass is 10.0. The largest absolute Gasteiger partial charge is 0.477 e. The van der Waals surface area contributed by atoms with Gasteiger partial charge < -0.3 is 15.2 Å². The molecule has 11 heteroatoms. The summed E-state index contributed by atoms with van der Waals surface area (Å²) in [5.74, 6) is -2.03. The fraction of sp³-hybridized carbons (Fsp3) is 0.250. The molecule has 1 aromatic heterocycles. The Morgan fingerprint density at radius 3 is 2.71 bits per heavy atom. The summed E-state index contributed by atoms with van der Waals surface area (Å²) in [5.41, 5.74) is 0.774. The van der Waals surface area contributed by atoms with E-state index in [1.807, 2.05) is 6.07 Å². The predicted octanol–water partition coefficient (Wildman–Crippen LogP) is 1.97. The summed E-state index contributed by atoms with van der Waals surface area (Å²) >= 11 is 2.51. The maximum atomic E-state index is 12.7. The van der Waals surface area contributed by atoms with E-state index in [1.54, 1.807) is 24.3 Å². The van der Waals surface area contributed by atoms with Crippen LogP contribution in [0.5, 0.6) is 0 Å². The van der Waals surface area contributed by atoms with Gasteiger partial charge in [-0.3, -0.25) is 19.3 Å². The number of carbonyl (C=O) groups excluding carboxylic acids is 3. The van der Waals surface area contributed by atoms with E-state index in [4.69, 9.17) is 4.74 Å². The van der Waals surface area contributed by atoms with Gasteiger partial charge in [0.1, 0.15) is 23.7 Å². The van der Waals surface area contributed by atoms with Gasteiger partial charge in [-0.2, -0.15) is 0 Å². The fourth-order valence-corrected chi connectivity index (χ4v) is 5.44. The van der Waals surface area contributed by atoms with E-state index in [0.29, 0.717) is 26.9 Å². The molecule has 0 spiro atoms. The van der Waals surface area contributed by atoms with Gasteiger partial charge in [0.15, 0.2) is 5.13 Å². The molecular formula is C20H17N3O6S2. The molecule has 9 nitrogen and oxygen atoms in total. The smallest absolute Gasteiger partial charge is 0.352 e. The van der Waals surface area contributed by atoms with Gasteiger partial charge in [-0.05, 0) is 0 Å². The van der Waals surface area contributed by atoms with Crippen LogP contribution in [0.15, 0.2) is 47.8 Å². The molecule has 0 aliphatic carbocycles. The average molecular weight is 460 g/mol. The lowest BCUT2D eigenvalue weighted by Crippen LogP contribution is -2.67. The number of hydrogen-bond donors (Lipinski definition) is 2. The SMILES string of the molecule is CC(=O)OCC1=C(C(=O)O)N2C(=O)C(Nc3ncc(C(=O)c4ccccc4)s3)[C@H]2SC1. The van der Waals surface area contributed by atoms with Crippen LogP contribution in [0.3, 0.4) is 0 Å². The average Bonchev–Trinajstić information content (AvgIpc) is 3.24. The van der Waals surface area contributed by atoms with E-state index in [-0.39, 0.29) is 18.1 Å². The van der Waals surface area contributed by atoms with E-state index in [9.17, 15) is 24.3 Å². The van der Waals surface area contributed by atoms with Crippen LogP contribution in [0.25, 0.3) is 0 Å². The number of benzene rings is 1. The Bertz CT molecular complexity index is 1100. The molecule has 2 atom stereocenters. The van der Waals surface area contributed by atoms with Crippen molar-refractivity contribution >= 4 is 51.9 Å². The molecule has 31 heavy (non-hydrogen) atoms. The van der Waals surface area contributed by atoms with Gasteiger partial charge in [0.25, 0.3) is 5.91 Å². The summed E-state index contributed by atoms with van der Waals surface area (Å²) in [6.45, 7) is 1.06. The number of ether oxygens (including phenoxy) is 1. The van der Waals surface area contributed by atoms with Gasteiger partial charge in [-0.25, -0.2) is 9.78 Å². The summed E-state index contributed by atoms with van der Waals surface area (Å²) in [6, 6.07) is 8.14. The number of carbonyl (C=O) groups is 4. The maximum Gasteiger partial charge on any atom is 0.352 e. The van der Waals surface area contributed by atoms with E-state index in [0.717, 1.165) is 11.3 Å². The summed E-state index contributed by atoms with van der Waals surface area (Å²) in [5, 5.41) is 12.6. The van der Waals surface area contributed by atoms with Crippen LogP contribution >= 0.6 is 23.1 Å². The lowest BCUT2D eigenvalue weighted by Gasteiger charge is -2.49. The van der Waals surface area contributed by atoms with E-state index >= 15 is 0 Å².